The zero-order chi connectivity index (χ0) is 13.2. The zero-order valence-electron chi connectivity index (χ0n) is 12.1. The van der Waals surface area contributed by atoms with Gasteiger partial charge < -0.3 is 14.6 Å². The normalized spacial score (nSPS) is 13.1. The first kappa shape index (κ1) is 15.3. The smallest absolute Gasteiger partial charge is 0.0947 e. The van der Waals surface area contributed by atoms with Gasteiger partial charge in [0.1, 0.15) is 0 Å². The Labute approximate surface area is 112 Å². The molecule has 1 aromatic heterocycles. The maximum atomic E-state index is 5.07. The summed E-state index contributed by atoms with van der Waals surface area (Å²) in [4.78, 5) is 2.32. The number of hydrogen-bond acceptors (Lipinski definition) is 3. The monoisotopic (exact) mass is 252 g/mol. The molecule has 0 aliphatic heterocycles. The molecule has 18 heavy (non-hydrogen) atoms. The van der Waals surface area contributed by atoms with Gasteiger partial charge in [-0.3, -0.25) is 0 Å². The highest BCUT2D eigenvalue weighted by molar-refractivity contribution is 5.04. The van der Waals surface area contributed by atoms with Gasteiger partial charge >= 0.3 is 0 Å². The van der Waals surface area contributed by atoms with Crippen LogP contribution >= 0.6 is 0 Å². The molecule has 0 radical (unpaired) electrons. The van der Waals surface area contributed by atoms with Crippen LogP contribution < -0.4 is 5.32 Å². The average Bonchev–Trinajstić information content (AvgIpc) is 2.82. The van der Waals surface area contributed by atoms with E-state index in [4.69, 9.17) is 4.42 Å². The van der Waals surface area contributed by atoms with Crippen LogP contribution in [0, 0.1) is 0 Å². The third kappa shape index (κ3) is 6.82. The Balaban J connectivity index is 2.02. The molecule has 104 valence electrons. The van der Waals surface area contributed by atoms with Gasteiger partial charge in [-0.2, -0.15) is 0 Å². The van der Waals surface area contributed by atoms with Crippen LogP contribution in [-0.2, 0) is 6.54 Å². The van der Waals surface area contributed by atoms with Gasteiger partial charge in [-0.05, 0) is 26.5 Å². The van der Waals surface area contributed by atoms with Crippen LogP contribution in [0.2, 0.25) is 0 Å². The lowest BCUT2D eigenvalue weighted by atomic mass is 10.1. The Morgan fingerprint density at radius 1 is 1.39 bits per heavy atom. The molecule has 0 amide bonds. The number of nitrogens with one attached hydrogen (secondary N) is 1. The molecule has 0 fully saturated rings. The highest BCUT2D eigenvalue weighted by Crippen LogP contribution is 2.04. The highest BCUT2D eigenvalue weighted by Gasteiger charge is 2.03. The summed E-state index contributed by atoms with van der Waals surface area (Å²) in [5.74, 6) is 0. The van der Waals surface area contributed by atoms with Crippen LogP contribution in [0.5, 0.6) is 0 Å². The number of likely N-dealkylation sites (N-methyl/N-ethyl adjacent to an activating group) is 1. The molecule has 0 saturated heterocycles. The quantitative estimate of drug-likeness (QED) is 0.648. The molecule has 0 aromatic carbocycles. The summed E-state index contributed by atoms with van der Waals surface area (Å²) < 4.78 is 5.07. The van der Waals surface area contributed by atoms with E-state index >= 15 is 0 Å². The Bertz CT molecular complexity index is 285. The summed E-state index contributed by atoms with van der Waals surface area (Å²) in [5.41, 5.74) is 1.24. The second kappa shape index (κ2) is 9.17. The largest absolute Gasteiger partial charge is 0.472 e. The molecule has 1 unspecified atom stereocenters. The van der Waals surface area contributed by atoms with E-state index in [9.17, 15) is 0 Å². The number of unbranched alkanes of at least 4 members (excludes halogenated alkanes) is 2. The highest BCUT2D eigenvalue weighted by atomic mass is 16.3. The topological polar surface area (TPSA) is 28.4 Å². The Hall–Kier alpha value is -0.800. The van der Waals surface area contributed by atoms with Gasteiger partial charge in [0, 0.05) is 31.2 Å². The first-order valence-electron chi connectivity index (χ1n) is 7.15. The van der Waals surface area contributed by atoms with Gasteiger partial charge in [-0.1, -0.05) is 26.2 Å². The SMILES string of the molecule is CCCCCC(C)NCCN(C)Cc1ccoc1. The first-order valence-corrected chi connectivity index (χ1v) is 7.15. The zero-order valence-corrected chi connectivity index (χ0v) is 12.1. The Kier molecular flexibility index (Phi) is 7.78. The minimum atomic E-state index is 0.638. The fourth-order valence-electron chi connectivity index (χ4n) is 2.08. The average molecular weight is 252 g/mol. The molecular weight excluding hydrogens is 224 g/mol. The van der Waals surface area contributed by atoms with Crippen LogP contribution in [0.25, 0.3) is 0 Å². The number of nitrogens with zero attached hydrogens (tertiary/aromatic N) is 1. The molecule has 0 aliphatic rings. The number of hydrogen-bond donors (Lipinski definition) is 1. The fraction of sp³-hybridized carbons (Fsp3) is 0.733. The number of furan rings is 1. The van der Waals surface area contributed by atoms with Gasteiger partial charge in [0.15, 0.2) is 0 Å². The van der Waals surface area contributed by atoms with Gasteiger partial charge in [-0.15, -0.1) is 0 Å². The molecule has 1 aromatic rings. The maximum Gasteiger partial charge on any atom is 0.0947 e. The van der Waals surface area contributed by atoms with E-state index in [0.29, 0.717) is 6.04 Å². The predicted molar refractivity (Wildman–Crippen MR) is 76.6 cm³/mol. The molecule has 0 bridgehead atoms. The molecule has 1 heterocycles. The summed E-state index contributed by atoms with van der Waals surface area (Å²) in [6.07, 6.45) is 8.84. The molecule has 3 heteroatoms. The van der Waals surface area contributed by atoms with Crippen molar-refractivity contribution in [3.05, 3.63) is 24.2 Å². The van der Waals surface area contributed by atoms with Crippen molar-refractivity contribution in [1.29, 1.82) is 0 Å². The van der Waals surface area contributed by atoms with Gasteiger partial charge in [-0.25, -0.2) is 0 Å². The first-order chi connectivity index (χ1) is 8.72. The van der Waals surface area contributed by atoms with Crippen LogP contribution in [-0.4, -0.2) is 31.1 Å². The van der Waals surface area contributed by atoms with E-state index in [1.807, 2.05) is 12.3 Å². The maximum absolute atomic E-state index is 5.07. The second-order valence-corrected chi connectivity index (χ2v) is 5.22. The van der Waals surface area contributed by atoms with Crippen molar-refractivity contribution in [1.82, 2.24) is 10.2 Å². The predicted octanol–water partition coefficient (Wildman–Crippen LogP) is 3.27. The van der Waals surface area contributed by atoms with Crippen molar-refractivity contribution < 1.29 is 4.42 Å². The molecule has 0 aliphatic carbocycles. The molecule has 0 spiro atoms. The lowest BCUT2D eigenvalue weighted by molar-refractivity contribution is 0.314. The van der Waals surface area contributed by atoms with Crippen molar-refractivity contribution in [2.75, 3.05) is 20.1 Å². The summed E-state index contributed by atoms with van der Waals surface area (Å²) in [6.45, 7) is 7.63. The fourth-order valence-corrected chi connectivity index (χ4v) is 2.08. The van der Waals surface area contributed by atoms with Crippen molar-refractivity contribution in [2.24, 2.45) is 0 Å². The van der Waals surface area contributed by atoms with Crippen LogP contribution in [0.3, 0.4) is 0 Å². The van der Waals surface area contributed by atoms with Crippen LogP contribution in [0.15, 0.2) is 23.0 Å². The summed E-state index contributed by atoms with van der Waals surface area (Å²) in [6, 6.07) is 2.66. The summed E-state index contributed by atoms with van der Waals surface area (Å²) >= 11 is 0. The van der Waals surface area contributed by atoms with Crippen molar-refractivity contribution in [3.63, 3.8) is 0 Å². The van der Waals surface area contributed by atoms with E-state index in [1.165, 1.54) is 31.2 Å². The molecule has 1 rings (SSSR count). The van der Waals surface area contributed by atoms with Gasteiger partial charge in [0.05, 0.1) is 12.5 Å². The molecular formula is C15H28N2O. The van der Waals surface area contributed by atoms with E-state index in [0.717, 1.165) is 19.6 Å². The summed E-state index contributed by atoms with van der Waals surface area (Å²) in [5, 5.41) is 3.59. The van der Waals surface area contributed by atoms with Crippen LogP contribution in [0.1, 0.15) is 45.1 Å². The van der Waals surface area contributed by atoms with E-state index < -0.39 is 0 Å². The lowest BCUT2D eigenvalue weighted by Gasteiger charge is -2.18. The molecule has 1 N–H and O–H groups in total. The summed E-state index contributed by atoms with van der Waals surface area (Å²) in [7, 11) is 2.15. The standard InChI is InChI=1S/C15H28N2O/c1-4-5-6-7-14(2)16-9-10-17(3)12-15-8-11-18-13-15/h8,11,13-14,16H,4-7,9-10,12H2,1-3H3. The third-order valence-electron chi connectivity index (χ3n) is 3.26. The van der Waals surface area contributed by atoms with Crippen LogP contribution in [0.4, 0.5) is 0 Å². The third-order valence-corrected chi connectivity index (χ3v) is 3.26. The second-order valence-electron chi connectivity index (χ2n) is 5.22. The van der Waals surface area contributed by atoms with Crippen molar-refractivity contribution >= 4 is 0 Å². The minimum absolute atomic E-state index is 0.638. The van der Waals surface area contributed by atoms with Gasteiger partial charge in [0.25, 0.3) is 0 Å². The lowest BCUT2D eigenvalue weighted by Crippen LogP contribution is -2.34. The Morgan fingerprint density at radius 3 is 2.89 bits per heavy atom. The molecule has 1 atom stereocenters. The Morgan fingerprint density at radius 2 is 2.22 bits per heavy atom. The molecule has 3 nitrogen and oxygen atoms in total. The van der Waals surface area contributed by atoms with Crippen molar-refractivity contribution in [2.45, 2.75) is 52.1 Å². The van der Waals surface area contributed by atoms with Crippen molar-refractivity contribution in [3.8, 4) is 0 Å². The number of rotatable bonds is 10. The molecule has 0 saturated carbocycles. The van der Waals surface area contributed by atoms with Gasteiger partial charge in [0.2, 0.25) is 0 Å². The van der Waals surface area contributed by atoms with E-state index in [1.54, 1.807) is 6.26 Å². The minimum Gasteiger partial charge on any atom is -0.472 e. The van der Waals surface area contributed by atoms with E-state index in [2.05, 4.69) is 31.1 Å². The van der Waals surface area contributed by atoms with E-state index in [-0.39, 0.29) is 0 Å².